The summed E-state index contributed by atoms with van der Waals surface area (Å²) in [6.07, 6.45) is 5.02. The number of rotatable bonds is 8. The van der Waals surface area contributed by atoms with E-state index in [9.17, 15) is 22.8 Å². The fraction of sp³-hybridized carbons (Fsp3) is 0.423. The highest BCUT2D eigenvalue weighted by Gasteiger charge is 2.43. The molecule has 0 bridgehead atoms. The van der Waals surface area contributed by atoms with Gasteiger partial charge in [0.15, 0.2) is 0 Å². The molecule has 4 rings (SSSR count). The maximum absolute atomic E-state index is 13.5. The summed E-state index contributed by atoms with van der Waals surface area (Å²) in [6.45, 7) is 0.999. The standard InChI is InChI=1S/C26H31N3O6S/c1-18(25(31)27-20-8-4-3-5-9-20)28(16-19-12-14-21(35-2)15-13-19)24(30)17-29-26(32)22-10-6-7-11-23(22)36(29,33)34/h6-7,10-15,18,20H,3-5,8-9,16-17H2,1-2H3,(H,27,31). The molecule has 9 nitrogen and oxygen atoms in total. The Kier molecular flexibility index (Phi) is 7.63. The number of nitrogens with zero attached hydrogens (tertiary/aromatic N) is 2. The first-order chi connectivity index (χ1) is 17.2. The Balaban J connectivity index is 1.56. The Morgan fingerprint density at radius 1 is 1.08 bits per heavy atom. The van der Waals surface area contributed by atoms with Gasteiger partial charge in [-0.25, -0.2) is 12.7 Å². The van der Waals surface area contributed by atoms with E-state index in [1.165, 1.54) is 23.1 Å². The summed E-state index contributed by atoms with van der Waals surface area (Å²) in [4.78, 5) is 40.7. The third kappa shape index (κ3) is 5.23. The number of ether oxygens (including phenoxy) is 1. The second-order valence-corrected chi connectivity index (χ2v) is 11.0. The summed E-state index contributed by atoms with van der Waals surface area (Å²) in [5, 5.41) is 3.04. The number of fused-ring (bicyclic) bond motifs is 1. The number of nitrogens with one attached hydrogen (secondary N) is 1. The molecular formula is C26H31N3O6S. The average Bonchev–Trinajstić information content (AvgIpc) is 3.08. The molecule has 1 N–H and O–H groups in total. The lowest BCUT2D eigenvalue weighted by atomic mass is 9.95. The molecule has 1 fully saturated rings. The van der Waals surface area contributed by atoms with Gasteiger partial charge in [0, 0.05) is 12.6 Å². The minimum absolute atomic E-state index is 0.0371. The third-order valence-corrected chi connectivity index (χ3v) is 8.61. The van der Waals surface area contributed by atoms with Crippen LogP contribution in [0.5, 0.6) is 5.75 Å². The van der Waals surface area contributed by atoms with E-state index in [-0.39, 0.29) is 29.0 Å². The third-order valence-electron chi connectivity index (χ3n) is 6.82. The molecule has 192 valence electrons. The van der Waals surface area contributed by atoms with Crippen LogP contribution >= 0.6 is 0 Å². The molecule has 1 saturated carbocycles. The van der Waals surface area contributed by atoms with Crippen LogP contribution in [-0.4, -0.2) is 61.1 Å². The maximum Gasteiger partial charge on any atom is 0.269 e. The number of carbonyl (C=O) groups excluding carboxylic acids is 3. The van der Waals surface area contributed by atoms with Crippen LogP contribution < -0.4 is 10.1 Å². The van der Waals surface area contributed by atoms with E-state index < -0.39 is 34.4 Å². The molecule has 3 amide bonds. The zero-order valence-electron chi connectivity index (χ0n) is 20.5. The van der Waals surface area contributed by atoms with Crippen LogP contribution in [0.15, 0.2) is 53.4 Å². The van der Waals surface area contributed by atoms with Gasteiger partial charge in [-0.05, 0) is 49.6 Å². The Labute approximate surface area is 211 Å². The van der Waals surface area contributed by atoms with Gasteiger partial charge in [0.2, 0.25) is 11.8 Å². The first-order valence-corrected chi connectivity index (χ1v) is 13.5. The van der Waals surface area contributed by atoms with Crippen molar-refractivity contribution in [3.63, 3.8) is 0 Å². The number of sulfonamides is 1. The van der Waals surface area contributed by atoms with Gasteiger partial charge in [-0.3, -0.25) is 14.4 Å². The second-order valence-electron chi connectivity index (χ2n) is 9.20. The largest absolute Gasteiger partial charge is 0.497 e. The molecule has 2 aliphatic rings. The maximum atomic E-state index is 13.5. The zero-order valence-corrected chi connectivity index (χ0v) is 21.3. The second kappa shape index (κ2) is 10.7. The van der Waals surface area contributed by atoms with Gasteiger partial charge in [-0.15, -0.1) is 0 Å². The van der Waals surface area contributed by atoms with Gasteiger partial charge in [0.05, 0.1) is 12.7 Å². The van der Waals surface area contributed by atoms with Crippen molar-refractivity contribution < 1.29 is 27.5 Å². The highest BCUT2D eigenvalue weighted by Crippen LogP contribution is 2.30. The Hall–Kier alpha value is -3.40. The molecular weight excluding hydrogens is 482 g/mol. The molecule has 10 heteroatoms. The topological polar surface area (TPSA) is 113 Å². The van der Waals surface area contributed by atoms with E-state index in [0.29, 0.717) is 10.1 Å². The highest BCUT2D eigenvalue weighted by atomic mass is 32.2. The van der Waals surface area contributed by atoms with Crippen LogP contribution in [0.4, 0.5) is 0 Å². The Bertz CT molecular complexity index is 1240. The van der Waals surface area contributed by atoms with Crippen LogP contribution in [0.25, 0.3) is 0 Å². The summed E-state index contributed by atoms with van der Waals surface area (Å²) in [5.41, 5.74) is 0.774. The highest BCUT2D eigenvalue weighted by molar-refractivity contribution is 7.90. The molecule has 36 heavy (non-hydrogen) atoms. The summed E-state index contributed by atoms with van der Waals surface area (Å²) in [6, 6.07) is 12.1. The first-order valence-electron chi connectivity index (χ1n) is 12.1. The SMILES string of the molecule is COc1ccc(CN(C(=O)CN2C(=O)c3ccccc3S2(=O)=O)C(C)C(=O)NC2CCCCC2)cc1. The van der Waals surface area contributed by atoms with Crippen LogP contribution in [0.2, 0.25) is 0 Å². The minimum Gasteiger partial charge on any atom is -0.497 e. The van der Waals surface area contributed by atoms with Crippen LogP contribution in [-0.2, 0) is 26.2 Å². The lowest BCUT2D eigenvalue weighted by Gasteiger charge is -2.32. The van der Waals surface area contributed by atoms with E-state index in [0.717, 1.165) is 37.7 Å². The van der Waals surface area contributed by atoms with E-state index >= 15 is 0 Å². The number of amides is 3. The number of hydrogen-bond acceptors (Lipinski definition) is 6. The fourth-order valence-electron chi connectivity index (χ4n) is 4.68. The molecule has 2 aromatic carbocycles. The summed E-state index contributed by atoms with van der Waals surface area (Å²) >= 11 is 0. The first kappa shape index (κ1) is 25.7. The van der Waals surface area contributed by atoms with Crippen molar-refractivity contribution in [1.82, 2.24) is 14.5 Å². The van der Waals surface area contributed by atoms with Gasteiger partial charge in [0.25, 0.3) is 15.9 Å². The van der Waals surface area contributed by atoms with Gasteiger partial charge in [-0.2, -0.15) is 0 Å². The van der Waals surface area contributed by atoms with E-state index in [1.807, 2.05) is 0 Å². The monoisotopic (exact) mass is 513 g/mol. The van der Waals surface area contributed by atoms with Crippen molar-refractivity contribution in [1.29, 1.82) is 0 Å². The van der Waals surface area contributed by atoms with Crippen LogP contribution in [0, 0.1) is 0 Å². The molecule has 0 spiro atoms. The summed E-state index contributed by atoms with van der Waals surface area (Å²) < 4.78 is 31.8. The van der Waals surface area contributed by atoms with Gasteiger partial charge in [-0.1, -0.05) is 43.5 Å². The molecule has 1 aliphatic heterocycles. The number of methoxy groups -OCH3 is 1. The van der Waals surface area contributed by atoms with Crippen molar-refractivity contribution in [2.24, 2.45) is 0 Å². The van der Waals surface area contributed by atoms with Crippen molar-refractivity contribution in [2.75, 3.05) is 13.7 Å². The van der Waals surface area contributed by atoms with Crippen LogP contribution in [0.1, 0.15) is 54.9 Å². The molecule has 0 radical (unpaired) electrons. The lowest BCUT2D eigenvalue weighted by molar-refractivity contribution is -0.140. The predicted octanol–water partition coefficient (Wildman–Crippen LogP) is 2.71. The van der Waals surface area contributed by atoms with E-state index in [2.05, 4.69) is 5.32 Å². The van der Waals surface area contributed by atoms with E-state index in [1.54, 1.807) is 44.4 Å². The number of carbonyl (C=O) groups is 3. The van der Waals surface area contributed by atoms with Crippen LogP contribution in [0.3, 0.4) is 0 Å². The number of benzene rings is 2. The number of hydrogen-bond donors (Lipinski definition) is 1. The molecule has 0 aromatic heterocycles. The van der Waals surface area contributed by atoms with E-state index in [4.69, 9.17) is 4.74 Å². The molecule has 1 atom stereocenters. The molecule has 0 saturated heterocycles. The smallest absolute Gasteiger partial charge is 0.269 e. The predicted molar refractivity (Wildman–Crippen MR) is 133 cm³/mol. The summed E-state index contributed by atoms with van der Waals surface area (Å²) in [7, 11) is -2.61. The van der Waals surface area contributed by atoms with Crippen molar-refractivity contribution in [2.45, 2.75) is 62.6 Å². The van der Waals surface area contributed by atoms with Crippen molar-refractivity contribution >= 4 is 27.7 Å². The molecule has 2 aromatic rings. The lowest BCUT2D eigenvalue weighted by Crippen LogP contribution is -2.52. The average molecular weight is 514 g/mol. The minimum atomic E-state index is -4.16. The summed E-state index contributed by atoms with van der Waals surface area (Å²) in [5.74, 6) is -1.04. The molecule has 1 unspecified atom stereocenters. The fourth-order valence-corrected chi connectivity index (χ4v) is 6.20. The molecule has 1 aliphatic carbocycles. The van der Waals surface area contributed by atoms with Gasteiger partial charge < -0.3 is 15.0 Å². The van der Waals surface area contributed by atoms with Gasteiger partial charge >= 0.3 is 0 Å². The quantitative estimate of drug-likeness (QED) is 0.581. The Morgan fingerprint density at radius 3 is 2.39 bits per heavy atom. The van der Waals surface area contributed by atoms with Crippen molar-refractivity contribution in [3.8, 4) is 5.75 Å². The molecule has 1 heterocycles. The Morgan fingerprint density at radius 2 is 1.75 bits per heavy atom. The normalized spacial score (nSPS) is 17.8. The van der Waals surface area contributed by atoms with Gasteiger partial charge in [0.1, 0.15) is 23.2 Å². The van der Waals surface area contributed by atoms with Crippen molar-refractivity contribution in [3.05, 3.63) is 59.7 Å². The zero-order chi connectivity index (χ0) is 25.9.